The van der Waals surface area contributed by atoms with Crippen LogP contribution in [0.3, 0.4) is 0 Å². The predicted octanol–water partition coefficient (Wildman–Crippen LogP) is 9.21. The molecular weight excluding hydrogens is 574 g/mol. The van der Waals surface area contributed by atoms with Crippen molar-refractivity contribution in [3.8, 4) is 0 Å². The highest BCUT2D eigenvalue weighted by atomic mass is 35.5. The molecule has 3 nitrogen and oxygen atoms in total. The molecule has 2 N–H and O–H groups in total. The van der Waals surface area contributed by atoms with Crippen molar-refractivity contribution in [3.63, 3.8) is 0 Å². The summed E-state index contributed by atoms with van der Waals surface area (Å²) < 4.78 is 5.16. The summed E-state index contributed by atoms with van der Waals surface area (Å²) in [5.41, 5.74) is 2.73. The van der Waals surface area contributed by atoms with Crippen LogP contribution >= 0.6 is 34.8 Å². The molecule has 0 aromatic heterocycles. The molecule has 0 radical (unpaired) electrons. The molecule has 0 heterocycles. The third-order valence-electron chi connectivity index (χ3n) is 7.85. The predicted molar refractivity (Wildman–Crippen MR) is 172 cm³/mol. The van der Waals surface area contributed by atoms with Gasteiger partial charge in [-0.3, -0.25) is 0 Å². The lowest BCUT2D eigenvalue weighted by Crippen LogP contribution is -2.30. The molecule has 0 atom stereocenters. The molecule has 0 unspecified atom stereocenters. The first-order chi connectivity index (χ1) is 19.8. The average Bonchev–Trinajstić information content (AvgIpc) is 2.96. The van der Waals surface area contributed by atoms with Gasteiger partial charge in [0.15, 0.2) is 0 Å². The molecule has 6 rings (SSSR count). The second kappa shape index (κ2) is 11.7. The Labute approximate surface area is 254 Å². The SMILES string of the molecule is OB(O)OCCCC(c1ccc2cc(Cl)ccc2c1)(c1ccc2cc(Cl)ccc2c1)c1ccc2cc(Cl)ccc2c1. The third-order valence-corrected chi connectivity index (χ3v) is 8.55. The van der Waals surface area contributed by atoms with Gasteiger partial charge >= 0.3 is 7.32 Å². The van der Waals surface area contributed by atoms with E-state index < -0.39 is 12.7 Å². The van der Waals surface area contributed by atoms with Crippen molar-refractivity contribution in [1.29, 1.82) is 0 Å². The van der Waals surface area contributed by atoms with Crippen molar-refractivity contribution in [2.45, 2.75) is 18.3 Å². The smallest absolute Gasteiger partial charge is 0.402 e. The Hall–Kier alpha value is -3.09. The maximum absolute atomic E-state index is 9.36. The van der Waals surface area contributed by atoms with E-state index in [0.717, 1.165) is 49.0 Å². The number of fused-ring (bicyclic) bond motifs is 3. The fourth-order valence-electron chi connectivity index (χ4n) is 5.91. The lowest BCUT2D eigenvalue weighted by molar-refractivity contribution is 0.179. The number of rotatable bonds is 8. The molecule has 6 aromatic rings. The number of hydrogen-bond donors (Lipinski definition) is 2. The molecule has 0 spiro atoms. The quantitative estimate of drug-likeness (QED) is 0.104. The van der Waals surface area contributed by atoms with Crippen LogP contribution in [0.1, 0.15) is 29.5 Å². The molecule has 204 valence electrons. The first kappa shape index (κ1) is 28.1. The summed E-state index contributed by atoms with van der Waals surface area (Å²) in [7, 11) is -1.81. The van der Waals surface area contributed by atoms with Crippen molar-refractivity contribution in [3.05, 3.63) is 141 Å². The maximum Gasteiger partial charge on any atom is 0.633 e. The Morgan fingerprint density at radius 2 is 0.854 bits per heavy atom. The summed E-state index contributed by atoms with van der Waals surface area (Å²) in [5, 5.41) is 27.2. The lowest BCUT2D eigenvalue weighted by atomic mass is 9.66. The van der Waals surface area contributed by atoms with Crippen LogP contribution in [0.2, 0.25) is 15.1 Å². The van der Waals surface area contributed by atoms with Crippen molar-refractivity contribution >= 4 is 74.4 Å². The molecule has 0 saturated heterocycles. The van der Waals surface area contributed by atoms with Gasteiger partial charge in [-0.05, 0) is 116 Å². The van der Waals surface area contributed by atoms with Crippen LogP contribution in [0.15, 0.2) is 109 Å². The van der Waals surface area contributed by atoms with Crippen LogP contribution in [-0.4, -0.2) is 24.0 Å². The summed E-state index contributed by atoms with van der Waals surface area (Å²) >= 11 is 18.9. The van der Waals surface area contributed by atoms with E-state index in [9.17, 15) is 10.0 Å². The first-order valence-electron chi connectivity index (χ1n) is 13.4. The minimum atomic E-state index is -1.81. The van der Waals surface area contributed by atoms with Crippen LogP contribution in [-0.2, 0) is 10.1 Å². The Morgan fingerprint density at radius 1 is 0.512 bits per heavy atom. The van der Waals surface area contributed by atoms with E-state index in [2.05, 4.69) is 54.6 Å². The Morgan fingerprint density at radius 3 is 1.22 bits per heavy atom. The van der Waals surface area contributed by atoms with Gasteiger partial charge in [-0.25, -0.2) is 0 Å². The van der Waals surface area contributed by atoms with Gasteiger partial charge in [0, 0.05) is 27.1 Å². The highest BCUT2D eigenvalue weighted by molar-refractivity contribution is 6.32. The van der Waals surface area contributed by atoms with Crippen molar-refractivity contribution in [2.24, 2.45) is 0 Å². The van der Waals surface area contributed by atoms with E-state index in [-0.39, 0.29) is 6.61 Å². The van der Waals surface area contributed by atoms with Crippen LogP contribution in [0.5, 0.6) is 0 Å². The molecule has 0 amide bonds. The van der Waals surface area contributed by atoms with Gasteiger partial charge in [0.25, 0.3) is 0 Å². The van der Waals surface area contributed by atoms with Crippen molar-refractivity contribution < 1.29 is 14.7 Å². The maximum atomic E-state index is 9.36. The van der Waals surface area contributed by atoms with Crippen LogP contribution in [0, 0.1) is 0 Å². The highest BCUT2D eigenvalue weighted by Crippen LogP contribution is 2.46. The minimum Gasteiger partial charge on any atom is -0.402 e. The molecule has 0 aliphatic carbocycles. The largest absolute Gasteiger partial charge is 0.633 e. The second-order valence-corrected chi connectivity index (χ2v) is 11.6. The average molecular weight is 600 g/mol. The lowest BCUT2D eigenvalue weighted by Gasteiger charge is -2.37. The Kier molecular flexibility index (Phi) is 7.98. The van der Waals surface area contributed by atoms with Crippen molar-refractivity contribution in [1.82, 2.24) is 0 Å². The second-order valence-electron chi connectivity index (χ2n) is 10.3. The van der Waals surface area contributed by atoms with Gasteiger partial charge < -0.3 is 14.7 Å². The highest BCUT2D eigenvalue weighted by Gasteiger charge is 2.37. The summed E-state index contributed by atoms with van der Waals surface area (Å²) in [6.07, 6.45) is 1.23. The van der Waals surface area contributed by atoms with Crippen LogP contribution in [0.4, 0.5) is 0 Å². The zero-order valence-electron chi connectivity index (χ0n) is 22.0. The third kappa shape index (κ3) is 5.69. The zero-order chi connectivity index (χ0) is 28.6. The fraction of sp³-hybridized carbons (Fsp3) is 0.118. The topological polar surface area (TPSA) is 49.7 Å². The summed E-state index contributed by atoms with van der Waals surface area (Å²) in [6.45, 7) is 0.189. The van der Waals surface area contributed by atoms with E-state index in [1.54, 1.807) is 0 Å². The van der Waals surface area contributed by atoms with E-state index >= 15 is 0 Å². The monoisotopic (exact) mass is 598 g/mol. The molecule has 0 saturated carbocycles. The van der Waals surface area contributed by atoms with Gasteiger partial charge in [0.2, 0.25) is 0 Å². The van der Waals surface area contributed by atoms with Gasteiger partial charge in [0.1, 0.15) is 0 Å². The van der Waals surface area contributed by atoms with E-state index in [1.807, 2.05) is 54.6 Å². The van der Waals surface area contributed by atoms with Gasteiger partial charge in [-0.1, -0.05) is 89.4 Å². The summed E-state index contributed by atoms with van der Waals surface area (Å²) in [4.78, 5) is 0. The molecule has 0 bridgehead atoms. The number of benzene rings is 6. The van der Waals surface area contributed by atoms with Gasteiger partial charge in [-0.2, -0.15) is 0 Å². The molecule has 6 aromatic carbocycles. The standard InChI is InChI=1S/C34H26BCl3O3/c36-31-11-5-22-16-28(8-2-25(22)19-31)34(14-1-15-41-35(39)40,29-9-3-26-20-32(37)12-6-23(26)17-29)30-10-4-27-21-33(38)13-7-24(27)18-30/h2-13,16-21,39-40H,1,14-15H2. The number of hydrogen-bond acceptors (Lipinski definition) is 3. The first-order valence-corrected chi connectivity index (χ1v) is 14.5. The van der Waals surface area contributed by atoms with Gasteiger partial charge in [-0.15, -0.1) is 0 Å². The molecule has 0 aliphatic rings. The normalized spacial score (nSPS) is 11.9. The van der Waals surface area contributed by atoms with Gasteiger partial charge in [0.05, 0.1) is 0 Å². The minimum absolute atomic E-state index is 0.189. The summed E-state index contributed by atoms with van der Waals surface area (Å²) in [6, 6.07) is 37.3. The Balaban J connectivity index is 1.63. The van der Waals surface area contributed by atoms with E-state index in [4.69, 9.17) is 39.5 Å². The summed E-state index contributed by atoms with van der Waals surface area (Å²) in [5.74, 6) is 0. The fourth-order valence-corrected chi connectivity index (χ4v) is 6.45. The van der Waals surface area contributed by atoms with Crippen LogP contribution < -0.4 is 0 Å². The van der Waals surface area contributed by atoms with Crippen LogP contribution in [0.25, 0.3) is 32.3 Å². The van der Waals surface area contributed by atoms with Crippen molar-refractivity contribution in [2.75, 3.05) is 6.61 Å². The molecule has 41 heavy (non-hydrogen) atoms. The zero-order valence-corrected chi connectivity index (χ0v) is 24.3. The molecular formula is C34H26BCl3O3. The molecule has 7 heteroatoms. The molecule has 0 aliphatic heterocycles. The molecule has 0 fully saturated rings. The Bertz CT molecular complexity index is 1680. The number of halogens is 3. The van der Waals surface area contributed by atoms with E-state index in [1.165, 1.54) is 0 Å². The van der Waals surface area contributed by atoms with E-state index in [0.29, 0.717) is 27.9 Å².